The van der Waals surface area contributed by atoms with Gasteiger partial charge in [0.1, 0.15) is 0 Å². The molecule has 0 amide bonds. The van der Waals surface area contributed by atoms with E-state index in [4.69, 9.17) is 0 Å². The molecular weight excluding hydrogens is 246 g/mol. The molecule has 1 atom stereocenters. The van der Waals surface area contributed by atoms with Crippen molar-refractivity contribution in [1.29, 1.82) is 0 Å². The van der Waals surface area contributed by atoms with Crippen LogP contribution in [0.2, 0.25) is 0 Å². The second kappa shape index (κ2) is 5.85. The summed E-state index contributed by atoms with van der Waals surface area (Å²) < 4.78 is 24.6. The molecule has 0 spiro atoms. The van der Waals surface area contributed by atoms with E-state index in [1.807, 2.05) is 6.07 Å². The van der Waals surface area contributed by atoms with Crippen LogP contribution in [0.15, 0.2) is 35.2 Å². The Morgan fingerprint density at radius 2 is 1.78 bits per heavy atom. The maximum absolute atomic E-state index is 12.3. The molecule has 18 heavy (non-hydrogen) atoms. The van der Waals surface area contributed by atoms with Crippen LogP contribution in [0, 0.1) is 0 Å². The first-order valence-electron chi connectivity index (χ1n) is 6.33. The molecule has 0 fully saturated rings. The van der Waals surface area contributed by atoms with Gasteiger partial charge < -0.3 is 5.32 Å². The molecule has 1 unspecified atom stereocenters. The zero-order chi connectivity index (χ0) is 13.8. The van der Waals surface area contributed by atoms with Crippen LogP contribution in [0.3, 0.4) is 0 Å². The average Bonchev–Trinajstić information content (AvgIpc) is 2.37. The number of benzene rings is 1. The molecule has 0 saturated carbocycles. The first-order chi connectivity index (χ1) is 8.29. The molecule has 3 nitrogen and oxygen atoms in total. The van der Waals surface area contributed by atoms with Crippen LogP contribution in [0.4, 0.5) is 0 Å². The summed E-state index contributed by atoms with van der Waals surface area (Å²) >= 11 is 0. The number of rotatable bonds is 6. The number of nitrogens with one attached hydrogen (secondary N) is 1. The summed E-state index contributed by atoms with van der Waals surface area (Å²) in [6.07, 6.45) is 0.963. The van der Waals surface area contributed by atoms with E-state index in [1.54, 1.807) is 31.2 Å². The predicted octanol–water partition coefficient (Wildman–Crippen LogP) is 2.63. The molecule has 0 aromatic heterocycles. The van der Waals surface area contributed by atoms with Crippen molar-refractivity contribution in [2.24, 2.45) is 0 Å². The fourth-order valence-corrected chi connectivity index (χ4v) is 2.80. The van der Waals surface area contributed by atoms with Crippen LogP contribution >= 0.6 is 0 Å². The summed E-state index contributed by atoms with van der Waals surface area (Å²) in [5.74, 6) is 0. The molecule has 0 bridgehead atoms. The molecule has 0 aliphatic heterocycles. The van der Waals surface area contributed by atoms with Crippen molar-refractivity contribution in [3.05, 3.63) is 30.3 Å². The minimum absolute atomic E-state index is 0.0273. The fraction of sp³-hybridized carbons (Fsp3) is 0.571. The SMILES string of the molecule is CCC(C)(C)NCC(C)S(=O)(=O)c1ccccc1. The van der Waals surface area contributed by atoms with Gasteiger partial charge >= 0.3 is 0 Å². The lowest BCUT2D eigenvalue weighted by atomic mass is 10.0. The fourth-order valence-electron chi connectivity index (χ4n) is 1.50. The third kappa shape index (κ3) is 3.82. The summed E-state index contributed by atoms with van der Waals surface area (Å²) in [4.78, 5) is 0.397. The van der Waals surface area contributed by atoms with Gasteiger partial charge in [-0.2, -0.15) is 0 Å². The third-order valence-electron chi connectivity index (χ3n) is 3.35. The molecule has 0 aliphatic carbocycles. The highest BCUT2D eigenvalue weighted by molar-refractivity contribution is 7.92. The van der Waals surface area contributed by atoms with Crippen LogP contribution in [0.25, 0.3) is 0 Å². The monoisotopic (exact) mass is 269 g/mol. The topological polar surface area (TPSA) is 46.2 Å². The zero-order valence-corrected chi connectivity index (χ0v) is 12.4. The van der Waals surface area contributed by atoms with Gasteiger partial charge in [0, 0.05) is 12.1 Å². The summed E-state index contributed by atoms with van der Waals surface area (Å²) in [5, 5.41) is 2.88. The maximum atomic E-state index is 12.3. The molecule has 1 rings (SSSR count). The Morgan fingerprint density at radius 3 is 2.28 bits per heavy atom. The largest absolute Gasteiger partial charge is 0.311 e. The Bertz CT molecular complexity index is 466. The quantitative estimate of drug-likeness (QED) is 0.863. The van der Waals surface area contributed by atoms with Crippen LogP contribution in [0.1, 0.15) is 34.1 Å². The highest BCUT2D eigenvalue weighted by Crippen LogP contribution is 2.16. The molecule has 102 valence electrons. The van der Waals surface area contributed by atoms with Crippen molar-refractivity contribution < 1.29 is 8.42 Å². The second-order valence-electron chi connectivity index (χ2n) is 5.29. The first-order valence-corrected chi connectivity index (χ1v) is 7.88. The molecule has 0 aliphatic rings. The lowest BCUT2D eigenvalue weighted by molar-refractivity contribution is 0.377. The minimum atomic E-state index is -3.23. The van der Waals surface area contributed by atoms with Gasteiger partial charge in [-0.05, 0) is 39.3 Å². The van der Waals surface area contributed by atoms with Gasteiger partial charge in [-0.15, -0.1) is 0 Å². The normalized spacial score (nSPS) is 14.4. The van der Waals surface area contributed by atoms with Gasteiger partial charge in [-0.1, -0.05) is 25.1 Å². The molecule has 0 saturated heterocycles. The third-order valence-corrected chi connectivity index (χ3v) is 5.51. The molecule has 1 N–H and O–H groups in total. The Morgan fingerprint density at radius 1 is 1.22 bits per heavy atom. The zero-order valence-electron chi connectivity index (χ0n) is 11.6. The van der Waals surface area contributed by atoms with E-state index >= 15 is 0 Å². The maximum Gasteiger partial charge on any atom is 0.182 e. The van der Waals surface area contributed by atoms with Crippen LogP contribution < -0.4 is 5.32 Å². The Labute approximate surface area is 111 Å². The number of hydrogen-bond acceptors (Lipinski definition) is 3. The highest BCUT2D eigenvalue weighted by atomic mass is 32.2. The molecule has 4 heteroatoms. The van der Waals surface area contributed by atoms with Crippen molar-refractivity contribution in [2.75, 3.05) is 6.54 Å². The molecule has 1 aromatic carbocycles. The lowest BCUT2D eigenvalue weighted by Gasteiger charge is -2.26. The molecule has 1 aromatic rings. The summed E-state index contributed by atoms with van der Waals surface area (Å²) in [6, 6.07) is 8.63. The summed E-state index contributed by atoms with van der Waals surface area (Å²) in [6.45, 7) is 8.46. The Kier molecular flexibility index (Phi) is 4.93. The van der Waals surface area contributed by atoms with E-state index in [-0.39, 0.29) is 5.54 Å². The summed E-state index contributed by atoms with van der Waals surface area (Å²) in [5.41, 5.74) is -0.0273. The number of hydrogen-bond donors (Lipinski definition) is 1. The summed E-state index contributed by atoms with van der Waals surface area (Å²) in [7, 11) is -3.23. The smallest absolute Gasteiger partial charge is 0.182 e. The average molecular weight is 269 g/mol. The van der Waals surface area contributed by atoms with Crippen LogP contribution in [-0.2, 0) is 9.84 Å². The minimum Gasteiger partial charge on any atom is -0.311 e. The Hall–Kier alpha value is -0.870. The molecule has 0 radical (unpaired) electrons. The van der Waals surface area contributed by atoms with Crippen LogP contribution in [-0.4, -0.2) is 25.8 Å². The molecular formula is C14H23NO2S. The van der Waals surface area contributed by atoms with Gasteiger partial charge in [-0.25, -0.2) is 8.42 Å². The van der Waals surface area contributed by atoms with E-state index in [9.17, 15) is 8.42 Å². The van der Waals surface area contributed by atoms with E-state index in [1.165, 1.54) is 0 Å². The van der Waals surface area contributed by atoms with Gasteiger partial charge in [0.25, 0.3) is 0 Å². The van der Waals surface area contributed by atoms with E-state index in [0.717, 1.165) is 6.42 Å². The predicted molar refractivity (Wildman–Crippen MR) is 75.5 cm³/mol. The van der Waals surface area contributed by atoms with Crippen molar-refractivity contribution in [3.63, 3.8) is 0 Å². The standard InChI is InChI=1S/C14H23NO2S/c1-5-14(3,4)15-11-12(2)18(16,17)13-9-7-6-8-10-13/h6-10,12,15H,5,11H2,1-4H3. The Balaban J connectivity index is 2.76. The second-order valence-corrected chi connectivity index (χ2v) is 7.65. The van der Waals surface area contributed by atoms with Gasteiger partial charge in [0.05, 0.1) is 10.1 Å². The lowest BCUT2D eigenvalue weighted by Crippen LogP contribution is -2.44. The van der Waals surface area contributed by atoms with Gasteiger partial charge in [0.2, 0.25) is 0 Å². The van der Waals surface area contributed by atoms with Crippen molar-refractivity contribution in [3.8, 4) is 0 Å². The first kappa shape index (κ1) is 15.2. The number of sulfone groups is 1. The van der Waals surface area contributed by atoms with Gasteiger partial charge in [0.15, 0.2) is 9.84 Å². The highest BCUT2D eigenvalue weighted by Gasteiger charge is 2.25. The van der Waals surface area contributed by atoms with Crippen molar-refractivity contribution >= 4 is 9.84 Å². The van der Waals surface area contributed by atoms with E-state index < -0.39 is 15.1 Å². The van der Waals surface area contributed by atoms with E-state index in [0.29, 0.717) is 11.4 Å². The van der Waals surface area contributed by atoms with Gasteiger partial charge in [-0.3, -0.25) is 0 Å². The van der Waals surface area contributed by atoms with E-state index in [2.05, 4.69) is 26.1 Å². The van der Waals surface area contributed by atoms with Crippen molar-refractivity contribution in [2.45, 2.75) is 49.8 Å². The van der Waals surface area contributed by atoms with Crippen LogP contribution in [0.5, 0.6) is 0 Å². The molecule has 0 heterocycles. The van der Waals surface area contributed by atoms with Crippen molar-refractivity contribution in [1.82, 2.24) is 5.32 Å².